The van der Waals surface area contributed by atoms with Crippen LogP contribution in [-0.2, 0) is 35.3 Å². The molecule has 192 valence electrons. The minimum atomic E-state index is -0.400. The van der Waals surface area contributed by atoms with Gasteiger partial charge in [0, 0.05) is 22.9 Å². The van der Waals surface area contributed by atoms with E-state index in [0.29, 0.717) is 40.3 Å². The number of ether oxygens (including phenoxy) is 2. The number of methoxy groups -OCH3 is 1. The van der Waals surface area contributed by atoms with Gasteiger partial charge in [0.1, 0.15) is 16.6 Å². The Bertz CT molecular complexity index is 1260. The number of carbonyl (C=O) groups is 2. The number of hydrogen-bond donors (Lipinski definition) is 1. The van der Waals surface area contributed by atoms with Gasteiger partial charge in [-0.1, -0.05) is 23.4 Å². The van der Waals surface area contributed by atoms with Gasteiger partial charge in [0.25, 0.3) is 0 Å². The second-order valence-electron chi connectivity index (χ2n) is 8.39. The molecule has 0 spiro atoms. The minimum absolute atomic E-state index is 0.167. The quantitative estimate of drug-likeness (QED) is 0.196. The van der Waals surface area contributed by atoms with E-state index in [-0.39, 0.29) is 11.7 Å². The molecule has 0 saturated heterocycles. The number of nitrogens with one attached hydrogen (secondary N) is 1. The van der Waals surface area contributed by atoms with E-state index in [9.17, 15) is 9.59 Å². The molecule has 0 fully saturated rings. The number of hydrogen-bond acceptors (Lipinski definition) is 8. The van der Waals surface area contributed by atoms with Gasteiger partial charge in [-0.25, -0.2) is 4.79 Å². The highest BCUT2D eigenvalue weighted by Gasteiger charge is 2.28. The first-order chi connectivity index (χ1) is 17.4. The van der Waals surface area contributed by atoms with E-state index in [0.717, 1.165) is 53.3 Å². The van der Waals surface area contributed by atoms with E-state index >= 15 is 0 Å². The molecule has 1 amide bonds. The summed E-state index contributed by atoms with van der Waals surface area (Å²) in [5, 5.41) is 13.5. The van der Waals surface area contributed by atoms with Crippen molar-refractivity contribution in [1.29, 1.82) is 0 Å². The van der Waals surface area contributed by atoms with Crippen molar-refractivity contribution in [3.63, 3.8) is 0 Å². The molecule has 1 aromatic carbocycles. The highest BCUT2D eigenvalue weighted by atomic mass is 35.5. The van der Waals surface area contributed by atoms with Crippen LogP contribution in [-0.4, -0.2) is 46.1 Å². The van der Waals surface area contributed by atoms with Crippen molar-refractivity contribution in [3.05, 3.63) is 50.6 Å². The summed E-state index contributed by atoms with van der Waals surface area (Å²) in [5.41, 5.74) is 2.52. The molecule has 8 nitrogen and oxygen atoms in total. The number of aryl methyl sites for hydroxylation is 3. The first kappa shape index (κ1) is 26.5. The summed E-state index contributed by atoms with van der Waals surface area (Å²) in [7, 11) is 1.36. The van der Waals surface area contributed by atoms with Crippen molar-refractivity contribution >= 4 is 51.6 Å². The lowest BCUT2D eigenvalue weighted by atomic mass is 10.1. The van der Waals surface area contributed by atoms with Gasteiger partial charge in [-0.05, 0) is 68.9 Å². The summed E-state index contributed by atoms with van der Waals surface area (Å²) in [6.45, 7) is 5.25. The van der Waals surface area contributed by atoms with E-state index in [4.69, 9.17) is 21.1 Å². The van der Waals surface area contributed by atoms with Crippen molar-refractivity contribution in [2.75, 3.05) is 24.8 Å². The van der Waals surface area contributed by atoms with E-state index < -0.39 is 5.97 Å². The Hall–Kier alpha value is -2.56. The third kappa shape index (κ3) is 6.04. The number of thiophene rings is 1. The summed E-state index contributed by atoms with van der Waals surface area (Å²) >= 11 is 8.81. The Balaban J connectivity index is 1.31. The lowest BCUT2D eigenvalue weighted by molar-refractivity contribution is -0.113. The summed E-state index contributed by atoms with van der Waals surface area (Å²) in [5.74, 6) is 1.26. The number of benzene rings is 1. The van der Waals surface area contributed by atoms with Crippen molar-refractivity contribution in [3.8, 4) is 5.75 Å². The predicted octanol–water partition coefficient (Wildman–Crippen LogP) is 5.34. The van der Waals surface area contributed by atoms with Crippen LogP contribution in [0.3, 0.4) is 0 Å². The maximum Gasteiger partial charge on any atom is 0.341 e. The van der Waals surface area contributed by atoms with Crippen LogP contribution in [0.5, 0.6) is 5.75 Å². The van der Waals surface area contributed by atoms with Crippen LogP contribution in [0.4, 0.5) is 5.00 Å². The van der Waals surface area contributed by atoms with Gasteiger partial charge in [-0.3, -0.25) is 4.79 Å². The molecular weight excluding hydrogens is 520 g/mol. The zero-order chi connectivity index (χ0) is 25.7. The standard InChI is InChI=1S/C25H29ClN4O4S2/c1-4-30-20(9-6-12-34-18-11-10-16(26)13-15(18)2)28-29-25(30)35-14-21(31)27-23-22(24(32)33-3)17-7-5-8-19(17)36-23/h10-11,13H,4-9,12,14H2,1-3H3,(H,27,31). The van der Waals surface area contributed by atoms with Crippen LogP contribution in [0.1, 0.15) is 52.0 Å². The third-order valence-electron chi connectivity index (χ3n) is 5.95. The first-order valence-corrected chi connectivity index (χ1v) is 14.1. The number of fused-ring (bicyclic) bond motifs is 1. The average molecular weight is 549 g/mol. The zero-order valence-electron chi connectivity index (χ0n) is 20.6. The lowest BCUT2D eigenvalue weighted by Gasteiger charge is -2.10. The van der Waals surface area contributed by atoms with Gasteiger partial charge in [0.05, 0.1) is 25.0 Å². The smallest absolute Gasteiger partial charge is 0.341 e. The number of aromatic nitrogens is 3. The highest BCUT2D eigenvalue weighted by molar-refractivity contribution is 7.99. The van der Waals surface area contributed by atoms with Gasteiger partial charge in [0.2, 0.25) is 5.91 Å². The topological polar surface area (TPSA) is 95.3 Å². The van der Waals surface area contributed by atoms with Crippen LogP contribution in [0.15, 0.2) is 23.4 Å². The molecule has 3 aromatic rings. The molecule has 36 heavy (non-hydrogen) atoms. The van der Waals surface area contributed by atoms with Gasteiger partial charge in [-0.2, -0.15) is 0 Å². The number of halogens is 1. The molecule has 2 aromatic heterocycles. The molecule has 1 aliphatic carbocycles. The fraction of sp³-hybridized carbons (Fsp3) is 0.440. The molecule has 0 unspecified atom stereocenters. The molecule has 0 saturated carbocycles. The van der Waals surface area contributed by atoms with E-state index in [1.807, 2.05) is 36.6 Å². The SMILES string of the molecule is CCn1c(CCCOc2ccc(Cl)cc2C)nnc1SCC(=O)Nc1sc2c(c1C(=O)OC)CCC2. The third-order valence-corrected chi connectivity index (χ3v) is 8.35. The summed E-state index contributed by atoms with van der Waals surface area (Å²) in [6.07, 6.45) is 4.29. The molecule has 4 rings (SSSR count). The molecule has 0 radical (unpaired) electrons. The highest BCUT2D eigenvalue weighted by Crippen LogP contribution is 2.39. The van der Waals surface area contributed by atoms with E-state index in [1.54, 1.807) is 0 Å². The summed E-state index contributed by atoms with van der Waals surface area (Å²) in [4.78, 5) is 26.2. The molecule has 2 heterocycles. The molecule has 0 aliphatic heterocycles. The molecule has 0 atom stereocenters. The van der Waals surface area contributed by atoms with Gasteiger partial charge in [0.15, 0.2) is 5.16 Å². The minimum Gasteiger partial charge on any atom is -0.493 e. The summed E-state index contributed by atoms with van der Waals surface area (Å²) < 4.78 is 12.9. The van der Waals surface area contributed by atoms with Gasteiger partial charge < -0.3 is 19.4 Å². The molecule has 0 bridgehead atoms. The second-order valence-corrected chi connectivity index (χ2v) is 10.9. The lowest BCUT2D eigenvalue weighted by Crippen LogP contribution is -2.16. The van der Waals surface area contributed by atoms with Crippen LogP contribution < -0.4 is 10.1 Å². The maximum absolute atomic E-state index is 12.7. The average Bonchev–Trinajstić information content (AvgIpc) is 3.55. The van der Waals surface area contributed by atoms with Crippen LogP contribution in [0, 0.1) is 6.92 Å². The largest absolute Gasteiger partial charge is 0.493 e. The second kappa shape index (κ2) is 12.1. The number of carbonyl (C=O) groups excluding carboxylic acids is 2. The van der Waals surface area contributed by atoms with Crippen molar-refractivity contribution in [1.82, 2.24) is 14.8 Å². The Morgan fingerprint density at radius 2 is 2.11 bits per heavy atom. The number of nitrogens with zero attached hydrogens (tertiary/aromatic N) is 3. The number of rotatable bonds is 11. The van der Waals surface area contributed by atoms with Crippen molar-refractivity contribution in [2.24, 2.45) is 0 Å². The van der Waals surface area contributed by atoms with Crippen molar-refractivity contribution in [2.45, 2.75) is 57.7 Å². The molecular formula is C25H29ClN4O4S2. The molecule has 11 heteroatoms. The van der Waals surface area contributed by atoms with E-state index in [1.165, 1.54) is 30.2 Å². The Morgan fingerprint density at radius 1 is 1.28 bits per heavy atom. The number of amides is 1. The zero-order valence-corrected chi connectivity index (χ0v) is 22.9. The Kier molecular flexibility index (Phi) is 8.92. The predicted molar refractivity (Wildman–Crippen MR) is 143 cm³/mol. The molecule has 1 aliphatic rings. The number of anilines is 1. The fourth-order valence-electron chi connectivity index (χ4n) is 4.22. The Morgan fingerprint density at radius 3 is 2.86 bits per heavy atom. The molecule has 1 N–H and O–H groups in total. The fourth-order valence-corrected chi connectivity index (χ4v) is 6.56. The summed E-state index contributed by atoms with van der Waals surface area (Å²) in [6, 6.07) is 5.58. The monoisotopic (exact) mass is 548 g/mol. The number of thioether (sulfide) groups is 1. The van der Waals surface area contributed by atoms with Crippen LogP contribution in [0.25, 0.3) is 0 Å². The van der Waals surface area contributed by atoms with Gasteiger partial charge >= 0.3 is 5.97 Å². The normalized spacial score (nSPS) is 12.4. The first-order valence-electron chi connectivity index (χ1n) is 11.9. The Labute approximate surface area is 223 Å². The maximum atomic E-state index is 12.7. The van der Waals surface area contributed by atoms with Crippen molar-refractivity contribution < 1.29 is 19.1 Å². The van der Waals surface area contributed by atoms with Gasteiger partial charge in [-0.15, -0.1) is 21.5 Å². The number of esters is 1. The van der Waals surface area contributed by atoms with E-state index in [2.05, 4.69) is 15.5 Å². The van der Waals surface area contributed by atoms with Crippen LogP contribution >= 0.6 is 34.7 Å². The van der Waals surface area contributed by atoms with Crippen LogP contribution in [0.2, 0.25) is 5.02 Å².